The van der Waals surface area contributed by atoms with Crippen LogP contribution >= 0.6 is 12.4 Å². The highest BCUT2D eigenvalue weighted by Gasteiger charge is 2.21. The average molecular weight is 365 g/mol. The number of benzene rings is 2. The number of hydrogen-bond acceptors (Lipinski definition) is 3. The van der Waals surface area contributed by atoms with Gasteiger partial charge in [-0.15, -0.1) is 12.4 Å². The highest BCUT2D eigenvalue weighted by molar-refractivity contribution is 7.90. The maximum absolute atomic E-state index is 13.0. The fraction of sp³-hybridized carbons (Fsp3) is 0.222. The normalized spacial score (nSPS) is 11.7. The molecule has 3 aromatic rings. The monoisotopic (exact) mass is 364 g/mol. The molecule has 4 nitrogen and oxygen atoms in total. The Balaban J connectivity index is 0.00000208. The molecule has 0 spiro atoms. The summed E-state index contributed by atoms with van der Waals surface area (Å²) in [7, 11) is 0.346. The van der Waals surface area contributed by atoms with Crippen molar-refractivity contribution in [2.75, 3.05) is 14.1 Å². The van der Waals surface area contributed by atoms with Crippen molar-refractivity contribution in [3.05, 3.63) is 65.9 Å². The second kappa shape index (κ2) is 6.97. The topological polar surface area (TPSA) is 42.3 Å². The van der Waals surface area contributed by atoms with E-state index in [4.69, 9.17) is 0 Å². The van der Waals surface area contributed by atoms with Crippen molar-refractivity contribution in [2.45, 2.75) is 18.4 Å². The Bertz CT molecular complexity index is 945. The van der Waals surface area contributed by atoms with E-state index >= 15 is 0 Å². The Labute approximate surface area is 149 Å². The van der Waals surface area contributed by atoms with Gasteiger partial charge in [0, 0.05) is 18.1 Å². The zero-order chi connectivity index (χ0) is 16.6. The predicted molar refractivity (Wildman–Crippen MR) is 100 cm³/mol. The van der Waals surface area contributed by atoms with Crippen molar-refractivity contribution in [3.63, 3.8) is 0 Å². The van der Waals surface area contributed by atoms with Crippen LogP contribution in [0.4, 0.5) is 0 Å². The lowest BCUT2D eigenvalue weighted by Gasteiger charge is -2.08. The van der Waals surface area contributed by atoms with Gasteiger partial charge in [0.1, 0.15) is 0 Å². The molecule has 0 saturated heterocycles. The van der Waals surface area contributed by atoms with Gasteiger partial charge in [-0.05, 0) is 44.8 Å². The lowest BCUT2D eigenvalue weighted by Crippen LogP contribution is -2.13. The van der Waals surface area contributed by atoms with Crippen molar-refractivity contribution in [3.8, 4) is 0 Å². The van der Waals surface area contributed by atoms with Gasteiger partial charge in [0.2, 0.25) is 0 Å². The molecule has 0 fully saturated rings. The van der Waals surface area contributed by atoms with Crippen molar-refractivity contribution >= 4 is 33.3 Å². The average Bonchev–Trinajstić information content (AvgIpc) is 2.87. The Kier molecular flexibility index (Phi) is 5.38. The van der Waals surface area contributed by atoms with Crippen molar-refractivity contribution in [2.24, 2.45) is 0 Å². The summed E-state index contributed by atoms with van der Waals surface area (Å²) in [5.74, 6) is 0. The number of rotatable bonds is 4. The van der Waals surface area contributed by atoms with Gasteiger partial charge >= 0.3 is 0 Å². The molecule has 0 amide bonds. The second-order valence-electron chi connectivity index (χ2n) is 6.02. The number of aryl methyl sites for hydroxylation is 1. The van der Waals surface area contributed by atoms with E-state index in [-0.39, 0.29) is 12.4 Å². The Morgan fingerprint density at radius 3 is 2.25 bits per heavy atom. The first-order chi connectivity index (χ1) is 10.9. The fourth-order valence-electron chi connectivity index (χ4n) is 2.71. The summed E-state index contributed by atoms with van der Waals surface area (Å²) in [6.07, 6.45) is 1.74. The van der Waals surface area contributed by atoms with Gasteiger partial charge < -0.3 is 4.90 Å². The van der Waals surface area contributed by atoms with Gasteiger partial charge in [-0.1, -0.05) is 35.9 Å². The molecule has 0 saturated carbocycles. The molecule has 0 aliphatic rings. The highest BCUT2D eigenvalue weighted by atomic mass is 35.5. The Morgan fingerprint density at radius 2 is 1.62 bits per heavy atom. The molecular weight excluding hydrogens is 344 g/mol. The summed E-state index contributed by atoms with van der Waals surface area (Å²) in [6, 6.07) is 14.6. The summed E-state index contributed by atoms with van der Waals surface area (Å²) in [4.78, 5) is 2.34. The highest BCUT2D eigenvalue weighted by Crippen LogP contribution is 2.26. The number of aromatic nitrogens is 1. The zero-order valence-corrected chi connectivity index (χ0v) is 15.6. The molecule has 0 aliphatic heterocycles. The van der Waals surface area contributed by atoms with Crippen LogP contribution in [0.15, 0.2) is 59.6 Å². The molecular formula is C18H21ClN2O2S. The van der Waals surface area contributed by atoms with Gasteiger partial charge in [0.05, 0.1) is 10.4 Å². The molecule has 0 unspecified atom stereocenters. The first kappa shape index (κ1) is 18.5. The maximum Gasteiger partial charge on any atom is 0.268 e. The van der Waals surface area contributed by atoms with Gasteiger partial charge in [-0.25, -0.2) is 12.4 Å². The summed E-state index contributed by atoms with van der Waals surface area (Å²) < 4.78 is 27.4. The zero-order valence-electron chi connectivity index (χ0n) is 13.9. The summed E-state index contributed by atoms with van der Waals surface area (Å²) in [5, 5.41) is 0.969. The molecule has 0 atom stereocenters. The minimum Gasteiger partial charge on any atom is -0.305 e. The minimum atomic E-state index is -3.60. The van der Waals surface area contributed by atoms with Gasteiger partial charge in [-0.3, -0.25) is 0 Å². The van der Waals surface area contributed by atoms with Crippen LogP contribution in [0.1, 0.15) is 11.1 Å². The molecule has 0 radical (unpaired) electrons. The summed E-state index contributed by atoms with van der Waals surface area (Å²) in [6.45, 7) is 2.63. The molecule has 1 aromatic heterocycles. The Morgan fingerprint density at radius 1 is 1.00 bits per heavy atom. The van der Waals surface area contributed by atoms with E-state index in [0.717, 1.165) is 16.5 Å². The van der Waals surface area contributed by atoms with Gasteiger partial charge in [0.15, 0.2) is 0 Å². The largest absolute Gasteiger partial charge is 0.305 e. The number of hydrogen-bond donors (Lipinski definition) is 0. The van der Waals surface area contributed by atoms with Gasteiger partial charge in [0.25, 0.3) is 10.0 Å². The van der Waals surface area contributed by atoms with Crippen LogP contribution in [0, 0.1) is 6.92 Å². The quantitative estimate of drug-likeness (QED) is 0.709. The van der Waals surface area contributed by atoms with Crippen molar-refractivity contribution in [1.29, 1.82) is 0 Å². The van der Waals surface area contributed by atoms with E-state index in [1.54, 1.807) is 18.3 Å². The number of nitrogens with zero attached hydrogens (tertiary/aromatic N) is 2. The second-order valence-corrected chi connectivity index (χ2v) is 7.84. The summed E-state index contributed by atoms with van der Waals surface area (Å²) in [5.41, 5.74) is 2.75. The first-order valence-electron chi connectivity index (χ1n) is 7.45. The molecule has 128 valence electrons. The molecule has 0 aliphatic carbocycles. The molecule has 0 N–H and O–H groups in total. The first-order valence-corrected chi connectivity index (χ1v) is 8.89. The van der Waals surface area contributed by atoms with Crippen LogP contribution in [0.5, 0.6) is 0 Å². The van der Waals surface area contributed by atoms with Crippen LogP contribution in [0.2, 0.25) is 0 Å². The predicted octanol–water partition coefficient (Wildman–Crippen LogP) is 3.67. The third-order valence-corrected chi connectivity index (χ3v) is 5.51. The van der Waals surface area contributed by atoms with E-state index in [2.05, 4.69) is 0 Å². The number of halogens is 1. The maximum atomic E-state index is 13.0. The van der Waals surface area contributed by atoms with E-state index in [9.17, 15) is 8.42 Å². The molecule has 1 heterocycles. The molecule has 3 rings (SSSR count). The SMILES string of the molecule is Cc1ccc(S(=O)(=O)n2cc(CN(C)C)c3ccccc32)cc1.Cl. The standard InChI is InChI=1S/C18H20N2O2S.ClH/c1-14-8-10-16(11-9-14)23(21,22)20-13-15(12-19(2)3)17-6-4-5-7-18(17)20;/h4-11,13H,12H2,1-3H3;1H. The molecule has 2 aromatic carbocycles. The molecule has 6 heteroatoms. The van der Waals surface area contributed by atoms with Crippen LogP contribution in [-0.4, -0.2) is 31.4 Å². The lowest BCUT2D eigenvalue weighted by atomic mass is 10.2. The van der Waals surface area contributed by atoms with E-state index in [1.807, 2.05) is 62.3 Å². The molecule has 0 bridgehead atoms. The van der Waals surface area contributed by atoms with Crippen molar-refractivity contribution in [1.82, 2.24) is 8.87 Å². The van der Waals surface area contributed by atoms with Gasteiger partial charge in [-0.2, -0.15) is 0 Å². The van der Waals surface area contributed by atoms with E-state index in [0.29, 0.717) is 17.0 Å². The van der Waals surface area contributed by atoms with Crippen LogP contribution < -0.4 is 0 Å². The van der Waals surface area contributed by atoms with Crippen LogP contribution in [0.3, 0.4) is 0 Å². The molecule has 24 heavy (non-hydrogen) atoms. The van der Waals surface area contributed by atoms with Crippen LogP contribution in [0.25, 0.3) is 10.9 Å². The number of fused-ring (bicyclic) bond motifs is 1. The fourth-order valence-corrected chi connectivity index (χ4v) is 4.10. The lowest BCUT2D eigenvalue weighted by molar-refractivity contribution is 0.404. The van der Waals surface area contributed by atoms with Crippen LogP contribution in [-0.2, 0) is 16.6 Å². The summed E-state index contributed by atoms with van der Waals surface area (Å²) >= 11 is 0. The van der Waals surface area contributed by atoms with E-state index < -0.39 is 10.0 Å². The van der Waals surface area contributed by atoms with Crippen molar-refractivity contribution < 1.29 is 8.42 Å². The third kappa shape index (κ3) is 3.34. The third-order valence-electron chi connectivity index (χ3n) is 3.82. The minimum absolute atomic E-state index is 0. The Hall–Kier alpha value is -1.82. The van der Waals surface area contributed by atoms with E-state index in [1.165, 1.54) is 3.97 Å². The number of para-hydroxylation sites is 1. The smallest absolute Gasteiger partial charge is 0.268 e.